The summed E-state index contributed by atoms with van der Waals surface area (Å²) in [6.45, 7) is 4.03. The number of amides is 1. The van der Waals surface area contributed by atoms with Crippen LogP contribution in [0.2, 0.25) is 0 Å². The van der Waals surface area contributed by atoms with Gasteiger partial charge in [-0.05, 0) is 49.2 Å². The van der Waals surface area contributed by atoms with E-state index in [4.69, 9.17) is 5.26 Å². The lowest BCUT2D eigenvalue weighted by atomic mass is 10.0. The number of carbonyl (C=O) groups is 1. The molecule has 3 rings (SSSR count). The van der Waals surface area contributed by atoms with Crippen LogP contribution in [0.25, 0.3) is 17.3 Å². The molecular weight excluding hydrogens is 368 g/mol. The van der Waals surface area contributed by atoms with Crippen LogP contribution in [0, 0.1) is 36.5 Å². The van der Waals surface area contributed by atoms with E-state index < -0.39 is 5.91 Å². The van der Waals surface area contributed by atoms with Crippen molar-refractivity contribution in [3.8, 4) is 23.4 Å². The van der Waals surface area contributed by atoms with Crippen molar-refractivity contribution < 1.29 is 4.79 Å². The number of benzene rings is 2. The van der Waals surface area contributed by atoms with Crippen molar-refractivity contribution in [2.24, 2.45) is 0 Å². The molecule has 0 fully saturated rings. The summed E-state index contributed by atoms with van der Waals surface area (Å²) < 4.78 is 0. The quantitative estimate of drug-likeness (QED) is 0.514. The number of aryl methyl sites for hydroxylation is 2. The Morgan fingerprint density at radius 3 is 2.57 bits per heavy atom. The van der Waals surface area contributed by atoms with Gasteiger partial charge in [0, 0.05) is 10.9 Å². The Hall–Kier alpha value is -3.74. The Morgan fingerprint density at radius 1 is 1.14 bits per heavy atom. The fourth-order valence-electron chi connectivity index (χ4n) is 2.60. The van der Waals surface area contributed by atoms with Crippen molar-refractivity contribution in [1.82, 2.24) is 4.98 Å². The molecule has 0 aliphatic heterocycles. The number of hydrogen-bond donors (Lipinski definition) is 1. The second-order valence-electron chi connectivity index (χ2n) is 6.21. The number of nitrogens with one attached hydrogen (secondary N) is 1. The summed E-state index contributed by atoms with van der Waals surface area (Å²) >= 11 is 1.31. The van der Waals surface area contributed by atoms with E-state index >= 15 is 0 Å². The summed E-state index contributed by atoms with van der Waals surface area (Å²) in [7, 11) is 0. The molecule has 0 aliphatic rings. The lowest BCUT2D eigenvalue weighted by Crippen LogP contribution is -2.13. The minimum atomic E-state index is -0.520. The second-order valence-corrected chi connectivity index (χ2v) is 7.07. The zero-order chi connectivity index (χ0) is 20.1. The molecule has 5 nitrogen and oxygen atoms in total. The maximum atomic E-state index is 12.5. The third-order valence-corrected chi connectivity index (χ3v) is 4.87. The predicted octanol–water partition coefficient (Wildman–Crippen LogP) is 4.84. The molecule has 0 atom stereocenters. The molecule has 1 heterocycles. The van der Waals surface area contributed by atoms with Gasteiger partial charge in [0.05, 0.1) is 17.3 Å². The summed E-state index contributed by atoms with van der Waals surface area (Å²) in [5.41, 5.74) is 5.20. The first kappa shape index (κ1) is 19.0. The summed E-state index contributed by atoms with van der Waals surface area (Å²) in [4.78, 5) is 16.9. The van der Waals surface area contributed by atoms with Gasteiger partial charge in [0.25, 0.3) is 5.91 Å². The summed E-state index contributed by atoms with van der Waals surface area (Å²) in [6.07, 6.45) is 1.48. The van der Waals surface area contributed by atoms with Crippen molar-refractivity contribution in [3.63, 3.8) is 0 Å². The van der Waals surface area contributed by atoms with E-state index in [1.54, 1.807) is 24.3 Å². The standard InChI is InChI=1S/C22H16N4OS/c1-14-3-4-15(2)19(9-14)20-13-28-22(25-20)26-21(27)18(12-24)10-16-5-7-17(11-23)8-6-16/h3-10,13H,1-2H3,(H,25,26,27)/b18-10+. The van der Waals surface area contributed by atoms with E-state index in [9.17, 15) is 10.1 Å². The van der Waals surface area contributed by atoms with Gasteiger partial charge in [0.1, 0.15) is 11.6 Å². The Bertz CT molecular complexity index is 1140. The van der Waals surface area contributed by atoms with Crippen LogP contribution in [0.4, 0.5) is 5.13 Å². The molecule has 1 amide bonds. The first-order chi connectivity index (χ1) is 13.5. The van der Waals surface area contributed by atoms with Crippen LogP contribution in [0.5, 0.6) is 0 Å². The molecule has 0 aliphatic carbocycles. The van der Waals surface area contributed by atoms with Gasteiger partial charge in [-0.1, -0.05) is 29.8 Å². The van der Waals surface area contributed by atoms with Crippen molar-refractivity contribution in [1.29, 1.82) is 10.5 Å². The average molecular weight is 384 g/mol. The van der Waals surface area contributed by atoms with E-state index in [2.05, 4.69) is 16.4 Å². The average Bonchev–Trinajstić information content (AvgIpc) is 3.16. The molecule has 136 valence electrons. The smallest absolute Gasteiger partial charge is 0.268 e. The van der Waals surface area contributed by atoms with Gasteiger partial charge < -0.3 is 0 Å². The summed E-state index contributed by atoms with van der Waals surface area (Å²) in [5.74, 6) is -0.520. The first-order valence-electron chi connectivity index (χ1n) is 8.46. The normalized spacial score (nSPS) is 10.8. The Morgan fingerprint density at radius 2 is 1.89 bits per heavy atom. The molecule has 6 heteroatoms. The first-order valence-corrected chi connectivity index (χ1v) is 9.34. The molecule has 2 aromatic carbocycles. The Kier molecular flexibility index (Phi) is 5.64. The number of hydrogen-bond acceptors (Lipinski definition) is 5. The van der Waals surface area contributed by atoms with Crippen LogP contribution in [0.3, 0.4) is 0 Å². The number of carbonyl (C=O) groups excluding carboxylic acids is 1. The molecule has 3 aromatic rings. The van der Waals surface area contributed by atoms with Crippen molar-refractivity contribution >= 4 is 28.5 Å². The monoisotopic (exact) mass is 384 g/mol. The van der Waals surface area contributed by atoms with Gasteiger partial charge in [-0.2, -0.15) is 10.5 Å². The molecular formula is C22H16N4OS. The number of nitriles is 2. The highest BCUT2D eigenvalue weighted by Gasteiger charge is 2.13. The molecule has 0 saturated heterocycles. The van der Waals surface area contributed by atoms with E-state index in [1.165, 1.54) is 17.4 Å². The largest absolute Gasteiger partial charge is 0.297 e. The maximum absolute atomic E-state index is 12.5. The highest BCUT2D eigenvalue weighted by Crippen LogP contribution is 2.28. The van der Waals surface area contributed by atoms with Crippen LogP contribution in [-0.2, 0) is 4.79 Å². The number of nitrogens with zero attached hydrogens (tertiary/aromatic N) is 3. The van der Waals surface area contributed by atoms with Gasteiger partial charge in [-0.25, -0.2) is 4.98 Å². The molecule has 1 N–H and O–H groups in total. The molecule has 0 saturated carbocycles. The Labute approximate surface area is 167 Å². The van der Waals surface area contributed by atoms with Crippen LogP contribution >= 0.6 is 11.3 Å². The highest BCUT2D eigenvalue weighted by atomic mass is 32.1. The van der Waals surface area contributed by atoms with E-state index in [0.717, 1.165) is 22.4 Å². The van der Waals surface area contributed by atoms with Gasteiger partial charge >= 0.3 is 0 Å². The minimum absolute atomic E-state index is 0.0341. The van der Waals surface area contributed by atoms with Crippen molar-refractivity contribution in [2.75, 3.05) is 5.32 Å². The fourth-order valence-corrected chi connectivity index (χ4v) is 3.31. The molecule has 0 bridgehead atoms. The van der Waals surface area contributed by atoms with Crippen LogP contribution < -0.4 is 5.32 Å². The summed E-state index contributed by atoms with van der Waals surface area (Å²) in [5, 5.41) is 23.2. The summed E-state index contributed by atoms with van der Waals surface area (Å²) in [6, 6.07) is 16.7. The third-order valence-electron chi connectivity index (χ3n) is 4.11. The number of anilines is 1. The van der Waals surface area contributed by atoms with E-state index in [1.807, 2.05) is 43.5 Å². The van der Waals surface area contributed by atoms with Crippen LogP contribution in [-0.4, -0.2) is 10.9 Å². The molecule has 0 radical (unpaired) electrons. The van der Waals surface area contributed by atoms with Gasteiger partial charge in [0.2, 0.25) is 0 Å². The predicted molar refractivity (Wildman–Crippen MR) is 110 cm³/mol. The second kappa shape index (κ2) is 8.30. The van der Waals surface area contributed by atoms with Crippen molar-refractivity contribution in [2.45, 2.75) is 13.8 Å². The van der Waals surface area contributed by atoms with Gasteiger partial charge in [-0.3, -0.25) is 10.1 Å². The molecule has 1 aromatic heterocycles. The molecule has 28 heavy (non-hydrogen) atoms. The fraction of sp³-hybridized carbons (Fsp3) is 0.0909. The van der Waals surface area contributed by atoms with Crippen LogP contribution in [0.15, 0.2) is 53.4 Å². The zero-order valence-electron chi connectivity index (χ0n) is 15.4. The number of thiazole rings is 1. The minimum Gasteiger partial charge on any atom is -0.297 e. The lowest BCUT2D eigenvalue weighted by molar-refractivity contribution is -0.112. The molecule has 0 unspecified atom stereocenters. The van der Waals surface area contributed by atoms with E-state index in [-0.39, 0.29) is 5.57 Å². The topological polar surface area (TPSA) is 89.6 Å². The Balaban J connectivity index is 1.79. The highest BCUT2D eigenvalue weighted by molar-refractivity contribution is 7.14. The lowest BCUT2D eigenvalue weighted by Gasteiger charge is -2.04. The number of aromatic nitrogens is 1. The van der Waals surface area contributed by atoms with Crippen LogP contribution in [0.1, 0.15) is 22.3 Å². The zero-order valence-corrected chi connectivity index (χ0v) is 16.2. The SMILES string of the molecule is Cc1ccc(C)c(-c2csc(NC(=O)/C(C#N)=C/c3ccc(C#N)cc3)n2)c1. The van der Waals surface area contributed by atoms with Gasteiger partial charge in [0.15, 0.2) is 5.13 Å². The van der Waals surface area contributed by atoms with Gasteiger partial charge in [-0.15, -0.1) is 11.3 Å². The molecule has 0 spiro atoms. The maximum Gasteiger partial charge on any atom is 0.268 e. The third kappa shape index (κ3) is 4.32. The number of rotatable bonds is 4. The van der Waals surface area contributed by atoms with E-state index in [0.29, 0.717) is 16.3 Å². The van der Waals surface area contributed by atoms with Crippen molar-refractivity contribution in [3.05, 3.63) is 75.7 Å².